The van der Waals surface area contributed by atoms with Gasteiger partial charge in [-0.05, 0) is 55.0 Å². The van der Waals surface area contributed by atoms with Crippen LogP contribution in [0.15, 0.2) is 16.6 Å². The van der Waals surface area contributed by atoms with E-state index in [0.29, 0.717) is 6.04 Å². The summed E-state index contributed by atoms with van der Waals surface area (Å²) in [6, 6.07) is 5.03. The van der Waals surface area contributed by atoms with Crippen LogP contribution in [-0.4, -0.2) is 19.2 Å². The van der Waals surface area contributed by atoms with Crippen molar-refractivity contribution in [2.24, 2.45) is 5.92 Å². The second kappa shape index (κ2) is 7.46. The van der Waals surface area contributed by atoms with Gasteiger partial charge in [-0.2, -0.15) is 0 Å². The van der Waals surface area contributed by atoms with Crippen LogP contribution in [0.5, 0.6) is 5.75 Å². The Morgan fingerprint density at radius 1 is 1.35 bits per heavy atom. The highest BCUT2D eigenvalue weighted by Crippen LogP contribution is 2.34. The van der Waals surface area contributed by atoms with Gasteiger partial charge in [0.15, 0.2) is 0 Å². The fraction of sp³-hybridized carbons (Fsp3) is 0.647. The van der Waals surface area contributed by atoms with Crippen molar-refractivity contribution in [1.29, 1.82) is 0 Å². The highest BCUT2D eigenvalue weighted by Gasteiger charge is 2.18. The van der Waals surface area contributed by atoms with Crippen molar-refractivity contribution in [3.8, 4) is 5.75 Å². The van der Waals surface area contributed by atoms with E-state index in [0.717, 1.165) is 37.7 Å². The average molecular weight is 340 g/mol. The van der Waals surface area contributed by atoms with Crippen LogP contribution in [0, 0.1) is 5.92 Å². The summed E-state index contributed by atoms with van der Waals surface area (Å²) in [5.74, 6) is 1.89. The molecule has 1 aliphatic heterocycles. The molecule has 1 N–H and O–H groups in total. The Balaban J connectivity index is 2.02. The van der Waals surface area contributed by atoms with Crippen LogP contribution in [0.3, 0.4) is 0 Å². The molecule has 1 atom stereocenters. The highest BCUT2D eigenvalue weighted by molar-refractivity contribution is 9.10. The van der Waals surface area contributed by atoms with Crippen molar-refractivity contribution in [3.05, 3.63) is 27.7 Å². The molecular formula is C17H26BrNO. The largest absolute Gasteiger partial charge is 0.493 e. The molecule has 1 aromatic carbocycles. The Bertz CT molecular complexity index is 445. The third-order valence-corrected chi connectivity index (χ3v) is 4.29. The fourth-order valence-electron chi connectivity index (χ4n) is 3.02. The number of halogens is 1. The Labute approximate surface area is 131 Å². The minimum Gasteiger partial charge on any atom is -0.493 e. The van der Waals surface area contributed by atoms with Gasteiger partial charge in [0.05, 0.1) is 6.61 Å². The minimum absolute atomic E-state index is 0.607. The molecule has 0 radical (unpaired) electrons. The lowest BCUT2D eigenvalue weighted by atomic mass is 9.96. The van der Waals surface area contributed by atoms with Crippen LogP contribution in [-0.2, 0) is 12.8 Å². The number of hydrogen-bond acceptors (Lipinski definition) is 2. The van der Waals surface area contributed by atoms with Crippen LogP contribution in [0.4, 0.5) is 0 Å². The molecule has 0 amide bonds. The highest BCUT2D eigenvalue weighted by atomic mass is 79.9. The number of hydrogen-bond donors (Lipinski definition) is 1. The summed E-state index contributed by atoms with van der Waals surface area (Å²) in [4.78, 5) is 0. The summed E-state index contributed by atoms with van der Waals surface area (Å²) < 4.78 is 7.00. The normalized spacial score (nSPS) is 15.2. The predicted octanol–water partition coefficient (Wildman–Crippen LogP) is 4.34. The number of nitrogens with one attached hydrogen (secondary N) is 1. The average Bonchev–Trinajstić information content (AvgIpc) is 2.83. The van der Waals surface area contributed by atoms with Crippen LogP contribution in [0.25, 0.3) is 0 Å². The molecule has 2 rings (SSSR count). The molecule has 112 valence electrons. The van der Waals surface area contributed by atoms with E-state index in [1.807, 2.05) is 0 Å². The number of ether oxygens (including phenoxy) is 1. The van der Waals surface area contributed by atoms with Gasteiger partial charge in [0.1, 0.15) is 5.75 Å². The zero-order valence-corrected chi connectivity index (χ0v) is 14.4. The molecule has 1 aliphatic rings. The summed E-state index contributed by atoms with van der Waals surface area (Å²) in [5, 5.41) is 3.61. The summed E-state index contributed by atoms with van der Waals surface area (Å²) in [6.45, 7) is 8.66. The zero-order chi connectivity index (χ0) is 14.5. The zero-order valence-electron chi connectivity index (χ0n) is 12.8. The van der Waals surface area contributed by atoms with Crippen LogP contribution < -0.4 is 10.1 Å². The summed E-state index contributed by atoms with van der Waals surface area (Å²) in [5.41, 5.74) is 2.72. The van der Waals surface area contributed by atoms with Gasteiger partial charge in [-0.25, -0.2) is 0 Å². The van der Waals surface area contributed by atoms with Gasteiger partial charge in [0.2, 0.25) is 0 Å². The molecule has 0 saturated carbocycles. The van der Waals surface area contributed by atoms with E-state index in [-0.39, 0.29) is 0 Å². The molecule has 1 unspecified atom stereocenters. The van der Waals surface area contributed by atoms with Gasteiger partial charge >= 0.3 is 0 Å². The fourth-order valence-corrected chi connectivity index (χ4v) is 3.58. The minimum atomic E-state index is 0.607. The molecule has 0 fully saturated rings. The van der Waals surface area contributed by atoms with Crippen LogP contribution >= 0.6 is 15.9 Å². The molecule has 3 heteroatoms. The van der Waals surface area contributed by atoms with E-state index in [1.54, 1.807) is 0 Å². The summed E-state index contributed by atoms with van der Waals surface area (Å²) >= 11 is 3.62. The third-order valence-electron chi connectivity index (χ3n) is 3.84. The van der Waals surface area contributed by atoms with Crippen LogP contribution in [0.2, 0.25) is 0 Å². The summed E-state index contributed by atoms with van der Waals surface area (Å²) in [6.07, 6.45) is 4.56. The second-order valence-corrected chi connectivity index (χ2v) is 6.99. The Morgan fingerprint density at radius 2 is 2.15 bits per heavy atom. The van der Waals surface area contributed by atoms with Crippen molar-refractivity contribution < 1.29 is 4.74 Å². The molecule has 0 saturated heterocycles. The first-order valence-corrected chi connectivity index (χ1v) is 8.57. The monoisotopic (exact) mass is 339 g/mol. The van der Waals surface area contributed by atoms with Gasteiger partial charge in [-0.1, -0.05) is 36.7 Å². The standard InChI is InChI=1S/C17H26BrNO/c1-4-19-16(9-12(2)3)6-5-13-10-15(18)11-14-7-8-20-17(13)14/h10-12,16,19H,4-9H2,1-3H3. The number of fused-ring (bicyclic) bond motifs is 1. The van der Waals surface area contributed by atoms with Crippen LogP contribution in [0.1, 0.15) is 44.7 Å². The predicted molar refractivity (Wildman–Crippen MR) is 88.6 cm³/mol. The first-order valence-electron chi connectivity index (χ1n) is 7.77. The lowest BCUT2D eigenvalue weighted by Crippen LogP contribution is -2.30. The van der Waals surface area contributed by atoms with E-state index in [1.165, 1.54) is 28.4 Å². The molecule has 1 heterocycles. The molecular weight excluding hydrogens is 314 g/mol. The van der Waals surface area contributed by atoms with E-state index in [4.69, 9.17) is 4.74 Å². The summed E-state index contributed by atoms with van der Waals surface area (Å²) in [7, 11) is 0. The number of rotatable bonds is 7. The van der Waals surface area contributed by atoms with Gasteiger partial charge in [-0.15, -0.1) is 0 Å². The van der Waals surface area contributed by atoms with Crippen molar-refractivity contribution in [3.63, 3.8) is 0 Å². The Hall–Kier alpha value is -0.540. The van der Waals surface area contributed by atoms with Gasteiger partial charge in [0.25, 0.3) is 0 Å². The quantitative estimate of drug-likeness (QED) is 0.797. The Morgan fingerprint density at radius 3 is 2.85 bits per heavy atom. The maximum Gasteiger partial charge on any atom is 0.125 e. The van der Waals surface area contributed by atoms with Gasteiger partial charge in [0, 0.05) is 16.9 Å². The lowest BCUT2D eigenvalue weighted by molar-refractivity contribution is 0.350. The van der Waals surface area contributed by atoms with Gasteiger partial charge in [-0.3, -0.25) is 0 Å². The smallest absolute Gasteiger partial charge is 0.125 e. The van der Waals surface area contributed by atoms with Crippen molar-refractivity contribution in [1.82, 2.24) is 5.32 Å². The third kappa shape index (κ3) is 4.23. The van der Waals surface area contributed by atoms with Crippen molar-refractivity contribution in [2.75, 3.05) is 13.2 Å². The first-order chi connectivity index (χ1) is 9.60. The number of aryl methyl sites for hydroxylation is 1. The molecule has 0 spiro atoms. The maximum atomic E-state index is 5.82. The first kappa shape index (κ1) is 15.8. The maximum absolute atomic E-state index is 5.82. The number of benzene rings is 1. The van der Waals surface area contributed by atoms with Crippen molar-refractivity contribution >= 4 is 15.9 Å². The molecule has 20 heavy (non-hydrogen) atoms. The van der Waals surface area contributed by atoms with E-state index < -0.39 is 0 Å². The molecule has 0 aliphatic carbocycles. The van der Waals surface area contributed by atoms with E-state index in [9.17, 15) is 0 Å². The molecule has 2 nitrogen and oxygen atoms in total. The lowest BCUT2D eigenvalue weighted by Gasteiger charge is -2.20. The molecule has 0 aromatic heterocycles. The van der Waals surface area contributed by atoms with E-state index >= 15 is 0 Å². The molecule has 0 bridgehead atoms. The molecule has 1 aromatic rings. The second-order valence-electron chi connectivity index (χ2n) is 6.07. The van der Waals surface area contributed by atoms with E-state index in [2.05, 4.69) is 54.2 Å². The Kier molecular flexibility index (Phi) is 5.91. The topological polar surface area (TPSA) is 21.3 Å². The SMILES string of the molecule is CCNC(CCc1cc(Br)cc2c1OCC2)CC(C)C. The van der Waals surface area contributed by atoms with Gasteiger partial charge < -0.3 is 10.1 Å². The van der Waals surface area contributed by atoms with Crippen molar-refractivity contribution in [2.45, 2.75) is 52.5 Å².